The maximum Gasteiger partial charge on any atom is 0.460 e. The summed E-state index contributed by atoms with van der Waals surface area (Å²) in [6.45, 7) is 0. The van der Waals surface area contributed by atoms with Gasteiger partial charge in [-0.2, -0.15) is 70.2 Å². The first-order valence-electron chi connectivity index (χ1n) is 5.04. The van der Waals surface area contributed by atoms with E-state index in [9.17, 15) is 70.2 Å². The maximum atomic E-state index is 12.6. The second-order valence-corrected chi connectivity index (χ2v) is 4.52. The highest BCUT2D eigenvalue weighted by Gasteiger charge is 2.93. The quantitative estimate of drug-likeness (QED) is 0.483. The third-order valence-corrected chi connectivity index (χ3v) is 2.29. The van der Waals surface area contributed by atoms with Crippen molar-refractivity contribution in [1.82, 2.24) is 0 Å². The van der Waals surface area contributed by atoms with E-state index >= 15 is 0 Å². The van der Waals surface area contributed by atoms with Crippen molar-refractivity contribution in [2.24, 2.45) is 0 Å². The second-order valence-electron chi connectivity index (χ2n) is 4.08. The number of hydrogen-bond acceptors (Lipinski definition) is 2. The van der Waals surface area contributed by atoms with Gasteiger partial charge in [0.15, 0.2) is 0 Å². The van der Waals surface area contributed by atoms with Crippen LogP contribution in [0.4, 0.5) is 70.2 Å². The van der Waals surface area contributed by atoms with Crippen LogP contribution in [0.3, 0.4) is 0 Å². The summed E-state index contributed by atoms with van der Waals surface area (Å²) in [5, 5.41) is 0. The van der Waals surface area contributed by atoms with Crippen molar-refractivity contribution in [2.75, 3.05) is 0 Å². The zero-order valence-electron chi connectivity index (χ0n) is 11.2. The molecule has 0 bridgehead atoms. The summed E-state index contributed by atoms with van der Waals surface area (Å²) in [6, 6.07) is 0. The van der Waals surface area contributed by atoms with Gasteiger partial charge in [0.25, 0.3) is 0 Å². The number of halogens is 16. The van der Waals surface area contributed by atoms with Gasteiger partial charge < -0.3 is 9.11 Å². The predicted octanol–water partition coefficient (Wildman–Crippen LogP) is 4.63. The summed E-state index contributed by atoms with van der Waals surface area (Å²) in [7, 11) is 0. The van der Waals surface area contributed by atoms with Crippen LogP contribution in [0.1, 0.15) is 0 Å². The van der Waals surface area contributed by atoms with Crippen molar-refractivity contribution in [3.05, 3.63) is 0 Å². The highest BCUT2D eigenvalue weighted by Crippen LogP contribution is 2.62. The van der Waals surface area contributed by atoms with Crippen LogP contribution in [-0.4, -0.2) is 55.3 Å². The van der Waals surface area contributed by atoms with Gasteiger partial charge in [-0.1, -0.05) is 0 Å². The Hall–Kier alpha value is -1.05. The van der Waals surface area contributed by atoms with E-state index in [0.29, 0.717) is 0 Å². The smallest absolute Gasteiger partial charge is 0.460 e. The lowest BCUT2D eigenvalue weighted by atomic mass is 9.94. The van der Waals surface area contributed by atoms with Crippen LogP contribution in [0, 0.1) is 0 Å². The molecule has 0 spiro atoms. The second kappa shape index (κ2) is 7.41. The van der Waals surface area contributed by atoms with E-state index in [0.717, 1.165) is 0 Å². The van der Waals surface area contributed by atoms with Crippen molar-refractivity contribution < 1.29 is 83.6 Å². The fraction of sp³-hybridized carbons (Fsp3) is 1.00. The SMILES string of the molecule is FC(F)(F)C(F)(F)C(F)(F)C(F)(F)C(F)(F)C(F)(F)C(F)(F)F.O=S([O-])O. The molecule has 0 aliphatic carbocycles. The van der Waals surface area contributed by atoms with Gasteiger partial charge in [0.05, 0.1) is 11.4 Å². The number of alkyl halides is 16. The molecule has 20 heteroatoms. The van der Waals surface area contributed by atoms with E-state index in [1.54, 1.807) is 0 Å². The molecule has 0 aliphatic heterocycles. The minimum absolute atomic E-state index is 2.86. The molecule has 1 atom stereocenters. The molecular weight excluding hydrogens is 468 g/mol. The van der Waals surface area contributed by atoms with Crippen LogP contribution in [0.5, 0.6) is 0 Å². The van der Waals surface area contributed by atoms with Crippen molar-refractivity contribution in [3.63, 3.8) is 0 Å². The predicted molar refractivity (Wildman–Crippen MR) is 48.4 cm³/mol. The van der Waals surface area contributed by atoms with Crippen molar-refractivity contribution in [2.45, 2.75) is 42.0 Å². The Morgan fingerprint density at radius 1 is 0.481 bits per heavy atom. The van der Waals surface area contributed by atoms with Gasteiger partial charge in [-0.05, 0) is 0 Å². The van der Waals surface area contributed by atoms with Crippen LogP contribution < -0.4 is 0 Å². The maximum absolute atomic E-state index is 12.6. The van der Waals surface area contributed by atoms with E-state index in [-0.39, 0.29) is 0 Å². The molecule has 166 valence electrons. The highest BCUT2D eigenvalue weighted by molar-refractivity contribution is 7.73. The molecule has 0 saturated carbocycles. The molecule has 0 rings (SSSR count). The molecular formula is C7HF16O3S-. The molecule has 0 aromatic carbocycles. The molecule has 0 aromatic rings. The Labute approximate surface area is 138 Å². The number of rotatable bonds is 4. The normalized spacial score (nSPS) is 16.5. The standard InChI is InChI=1S/C7F16.H2O3S/c8-1(9,2(10,11)4(14,15)6(18,19)20)3(12,13)5(16,17)7(21,22)23;1-4(2)3/h;(H2,1,2,3)/p-1. The van der Waals surface area contributed by atoms with E-state index in [2.05, 4.69) is 0 Å². The van der Waals surface area contributed by atoms with E-state index in [1.165, 1.54) is 0 Å². The van der Waals surface area contributed by atoms with Gasteiger partial charge in [0, 0.05) is 0 Å². The largest absolute Gasteiger partial charge is 0.750 e. The first-order valence-corrected chi connectivity index (χ1v) is 6.07. The summed E-state index contributed by atoms with van der Waals surface area (Å²) in [4.78, 5) is 0. The van der Waals surface area contributed by atoms with Gasteiger partial charge in [0.1, 0.15) is 0 Å². The van der Waals surface area contributed by atoms with Crippen LogP contribution >= 0.6 is 0 Å². The minimum Gasteiger partial charge on any atom is -0.750 e. The molecule has 3 nitrogen and oxygen atoms in total. The van der Waals surface area contributed by atoms with Crippen molar-refractivity contribution in [3.8, 4) is 0 Å². The van der Waals surface area contributed by atoms with Crippen LogP contribution in [0.25, 0.3) is 0 Å². The molecule has 1 N–H and O–H groups in total. The molecule has 0 aromatic heterocycles. The van der Waals surface area contributed by atoms with Crippen molar-refractivity contribution >= 4 is 11.4 Å². The summed E-state index contributed by atoms with van der Waals surface area (Å²) in [6.07, 6.45) is -15.3. The average molecular weight is 469 g/mol. The summed E-state index contributed by atoms with van der Waals surface area (Å²) in [5.41, 5.74) is 0. The van der Waals surface area contributed by atoms with E-state index < -0.39 is 53.3 Å². The number of hydrogen-bond donors (Lipinski definition) is 1. The molecule has 0 heterocycles. The van der Waals surface area contributed by atoms with Crippen molar-refractivity contribution in [1.29, 1.82) is 0 Å². The Bertz CT molecular complexity index is 489. The topological polar surface area (TPSA) is 60.4 Å². The Balaban J connectivity index is 0. The molecule has 0 aliphatic rings. The van der Waals surface area contributed by atoms with Crippen LogP contribution in [-0.2, 0) is 11.4 Å². The van der Waals surface area contributed by atoms with E-state index in [1.807, 2.05) is 0 Å². The molecule has 0 fully saturated rings. The van der Waals surface area contributed by atoms with E-state index in [4.69, 9.17) is 13.3 Å². The molecule has 0 saturated heterocycles. The molecule has 0 amide bonds. The minimum atomic E-state index is -8.43. The Morgan fingerprint density at radius 2 is 0.593 bits per heavy atom. The first kappa shape index (κ1) is 28.2. The van der Waals surface area contributed by atoms with Gasteiger partial charge in [-0.25, -0.2) is 4.21 Å². The van der Waals surface area contributed by atoms with Crippen LogP contribution in [0.2, 0.25) is 0 Å². The summed E-state index contributed by atoms with van der Waals surface area (Å²) in [5.74, 6) is -41.2. The lowest BCUT2D eigenvalue weighted by molar-refractivity contribution is -0.461. The third kappa shape index (κ3) is 4.69. The third-order valence-electron chi connectivity index (χ3n) is 2.29. The van der Waals surface area contributed by atoms with Gasteiger partial charge in [-0.3, -0.25) is 0 Å². The lowest BCUT2D eigenvalue weighted by Gasteiger charge is -2.39. The van der Waals surface area contributed by atoms with Gasteiger partial charge in [-0.15, -0.1) is 0 Å². The van der Waals surface area contributed by atoms with Gasteiger partial charge in [0.2, 0.25) is 0 Å². The Kier molecular flexibility index (Phi) is 7.73. The molecule has 1 unspecified atom stereocenters. The summed E-state index contributed by atoms with van der Waals surface area (Å²) >= 11 is -2.86. The highest BCUT2D eigenvalue weighted by atomic mass is 32.2. The Morgan fingerprint density at radius 3 is 0.704 bits per heavy atom. The monoisotopic (exact) mass is 469 g/mol. The molecule has 27 heavy (non-hydrogen) atoms. The van der Waals surface area contributed by atoms with Crippen LogP contribution in [0.15, 0.2) is 0 Å². The fourth-order valence-corrected chi connectivity index (χ4v) is 0.948. The zero-order valence-corrected chi connectivity index (χ0v) is 12.0. The average Bonchev–Trinajstić information content (AvgIpc) is 2.34. The van der Waals surface area contributed by atoms with Gasteiger partial charge >= 0.3 is 42.0 Å². The summed E-state index contributed by atoms with van der Waals surface area (Å²) < 4.78 is 217. The lowest BCUT2D eigenvalue weighted by Crippen LogP contribution is -2.72. The zero-order chi connectivity index (χ0) is 23.1. The fourth-order valence-electron chi connectivity index (χ4n) is 0.948. The first-order chi connectivity index (χ1) is 11.2. The molecule has 0 radical (unpaired) electrons.